The lowest BCUT2D eigenvalue weighted by atomic mass is 9.65. The second-order valence-corrected chi connectivity index (χ2v) is 7.73. The second kappa shape index (κ2) is 6.68. The first kappa shape index (κ1) is 15.3. The van der Waals surface area contributed by atoms with Gasteiger partial charge in [-0.15, -0.1) is 0 Å². The van der Waals surface area contributed by atoms with E-state index in [9.17, 15) is 4.79 Å². The van der Waals surface area contributed by atoms with E-state index in [0.717, 1.165) is 31.8 Å². The summed E-state index contributed by atoms with van der Waals surface area (Å²) in [5.74, 6) is 2.79. The Balaban J connectivity index is 1.60. The van der Waals surface area contributed by atoms with Crippen LogP contribution in [0.1, 0.15) is 64.7 Å². The fraction of sp³-hybridized carbons (Fsp3) is 0.944. The van der Waals surface area contributed by atoms with Crippen LogP contribution >= 0.6 is 0 Å². The van der Waals surface area contributed by atoms with Crippen molar-refractivity contribution in [2.75, 3.05) is 13.1 Å². The van der Waals surface area contributed by atoms with Gasteiger partial charge in [0.25, 0.3) is 0 Å². The van der Waals surface area contributed by atoms with E-state index in [4.69, 9.17) is 5.73 Å². The van der Waals surface area contributed by atoms with Crippen molar-refractivity contribution < 1.29 is 4.79 Å². The van der Waals surface area contributed by atoms with Crippen LogP contribution in [0.3, 0.4) is 0 Å². The van der Waals surface area contributed by atoms with E-state index >= 15 is 0 Å². The molecule has 21 heavy (non-hydrogen) atoms. The van der Waals surface area contributed by atoms with Crippen LogP contribution in [0.5, 0.6) is 0 Å². The summed E-state index contributed by atoms with van der Waals surface area (Å²) >= 11 is 0. The van der Waals surface area contributed by atoms with Gasteiger partial charge in [-0.1, -0.05) is 19.8 Å². The van der Waals surface area contributed by atoms with Gasteiger partial charge >= 0.3 is 0 Å². The SMILES string of the molecule is CCC1CCCN(C(=O)C2CC3CCCC(C2)C3N)CC1. The van der Waals surface area contributed by atoms with E-state index in [-0.39, 0.29) is 5.92 Å². The molecule has 0 radical (unpaired) electrons. The fourth-order valence-corrected chi connectivity index (χ4v) is 5.04. The molecule has 120 valence electrons. The molecule has 0 aromatic heterocycles. The van der Waals surface area contributed by atoms with Crippen LogP contribution in [0.25, 0.3) is 0 Å². The lowest BCUT2D eigenvalue weighted by molar-refractivity contribution is -0.138. The molecule has 3 nitrogen and oxygen atoms in total. The molecular weight excluding hydrogens is 260 g/mol. The van der Waals surface area contributed by atoms with E-state index in [1.165, 1.54) is 44.9 Å². The lowest BCUT2D eigenvalue weighted by Gasteiger charge is -2.44. The number of carbonyl (C=O) groups is 1. The maximum Gasteiger partial charge on any atom is 0.225 e. The first-order chi connectivity index (χ1) is 10.2. The van der Waals surface area contributed by atoms with E-state index in [1.54, 1.807) is 0 Å². The zero-order valence-electron chi connectivity index (χ0n) is 13.6. The summed E-state index contributed by atoms with van der Waals surface area (Å²) in [5.41, 5.74) is 6.36. The summed E-state index contributed by atoms with van der Waals surface area (Å²) in [5, 5.41) is 0. The monoisotopic (exact) mass is 292 g/mol. The van der Waals surface area contributed by atoms with Gasteiger partial charge in [0.05, 0.1) is 0 Å². The molecule has 2 aliphatic carbocycles. The molecule has 3 unspecified atom stereocenters. The molecule has 1 aliphatic heterocycles. The van der Waals surface area contributed by atoms with E-state index in [2.05, 4.69) is 11.8 Å². The maximum atomic E-state index is 12.9. The Kier molecular flexibility index (Phi) is 4.88. The largest absolute Gasteiger partial charge is 0.342 e. The van der Waals surface area contributed by atoms with E-state index in [0.29, 0.717) is 23.8 Å². The molecule has 1 amide bonds. The molecule has 1 heterocycles. The molecule has 0 spiro atoms. The topological polar surface area (TPSA) is 46.3 Å². The van der Waals surface area contributed by atoms with Gasteiger partial charge in [-0.3, -0.25) is 4.79 Å². The van der Waals surface area contributed by atoms with Crippen LogP contribution in [0, 0.1) is 23.7 Å². The first-order valence-corrected chi connectivity index (χ1v) is 9.23. The minimum Gasteiger partial charge on any atom is -0.342 e. The number of nitrogens with zero attached hydrogens (tertiary/aromatic N) is 1. The van der Waals surface area contributed by atoms with Crippen LogP contribution in [0.2, 0.25) is 0 Å². The summed E-state index contributed by atoms with van der Waals surface area (Å²) in [6.45, 7) is 4.27. The van der Waals surface area contributed by atoms with Gasteiger partial charge in [-0.25, -0.2) is 0 Å². The molecule has 3 rings (SSSR count). The smallest absolute Gasteiger partial charge is 0.225 e. The van der Waals surface area contributed by atoms with Gasteiger partial charge in [-0.05, 0) is 62.7 Å². The van der Waals surface area contributed by atoms with Gasteiger partial charge < -0.3 is 10.6 Å². The zero-order valence-corrected chi connectivity index (χ0v) is 13.6. The predicted octanol–water partition coefficient (Wildman–Crippen LogP) is 3.18. The van der Waals surface area contributed by atoms with E-state index < -0.39 is 0 Å². The van der Waals surface area contributed by atoms with Gasteiger partial charge in [0.15, 0.2) is 0 Å². The number of likely N-dealkylation sites (tertiary alicyclic amines) is 1. The lowest BCUT2D eigenvalue weighted by Crippen LogP contribution is -2.49. The molecule has 2 N–H and O–H groups in total. The van der Waals surface area contributed by atoms with Crippen LogP contribution in [0.15, 0.2) is 0 Å². The normalized spacial score (nSPS) is 40.7. The standard InChI is InChI=1S/C18H32N2O/c1-2-13-5-4-9-20(10-8-13)18(21)16-11-14-6-3-7-15(12-16)17(14)19/h13-17H,2-12,19H2,1H3. The van der Waals surface area contributed by atoms with Crippen LogP contribution in [-0.4, -0.2) is 29.9 Å². The van der Waals surface area contributed by atoms with E-state index in [1.807, 2.05) is 0 Å². The molecule has 3 aliphatic rings. The Labute approximate surface area is 129 Å². The molecular formula is C18H32N2O. The molecule has 2 bridgehead atoms. The highest BCUT2D eigenvalue weighted by atomic mass is 16.2. The zero-order chi connectivity index (χ0) is 14.8. The van der Waals surface area contributed by atoms with Crippen LogP contribution in [0.4, 0.5) is 0 Å². The van der Waals surface area contributed by atoms with Gasteiger partial charge in [-0.2, -0.15) is 0 Å². The van der Waals surface area contributed by atoms with Gasteiger partial charge in [0.1, 0.15) is 0 Å². The third kappa shape index (κ3) is 3.28. The van der Waals surface area contributed by atoms with Crippen molar-refractivity contribution in [3.05, 3.63) is 0 Å². The third-order valence-corrected chi connectivity index (χ3v) is 6.50. The Hall–Kier alpha value is -0.570. The molecule has 0 aromatic carbocycles. The van der Waals surface area contributed by atoms with Gasteiger partial charge in [0, 0.05) is 25.0 Å². The summed E-state index contributed by atoms with van der Waals surface area (Å²) in [6.07, 6.45) is 10.9. The van der Waals surface area contributed by atoms with Crippen molar-refractivity contribution in [3.8, 4) is 0 Å². The van der Waals surface area contributed by atoms with Crippen LogP contribution in [-0.2, 0) is 4.79 Å². The highest BCUT2D eigenvalue weighted by Gasteiger charge is 2.41. The van der Waals surface area contributed by atoms with Crippen molar-refractivity contribution in [1.82, 2.24) is 4.90 Å². The Morgan fingerprint density at radius 2 is 1.76 bits per heavy atom. The number of hydrogen-bond donors (Lipinski definition) is 1. The number of fused-ring (bicyclic) bond motifs is 2. The molecule has 2 saturated carbocycles. The predicted molar refractivity (Wildman–Crippen MR) is 85.7 cm³/mol. The number of amides is 1. The minimum absolute atomic E-state index is 0.276. The Morgan fingerprint density at radius 1 is 1.05 bits per heavy atom. The number of carbonyl (C=O) groups excluding carboxylic acids is 1. The number of rotatable bonds is 2. The first-order valence-electron chi connectivity index (χ1n) is 9.23. The quantitative estimate of drug-likeness (QED) is 0.849. The number of hydrogen-bond acceptors (Lipinski definition) is 2. The third-order valence-electron chi connectivity index (χ3n) is 6.50. The molecule has 1 saturated heterocycles. The number of nitrogens with two attached hydrogens (primary N) is 1. The average Bonchev–Trinajstić information content (AvgIpc) is 2.71. The maximum absolute atomic E-state index is 12.9. The highest BCUT2D eigenvalue weighted by Crippen LogP contribution is 2.42. The summed E-state index contributed by atoms with van der Waals surface area (Å²) in [4.78, 5) is 15.1. The Morgan fingerprint density at radius 3 is 2.43 bits per heavy atom. The highest BCUT2D eigenvalue weighted by molar-refractivity contribution is 5.79. The molecule has 0 aromatic rings. The minimum atomic E-state index is 0.276. The molecule has 3 heteroatoms. The fourth-order valence-electron chi connectivity index (χ4n) is 5.04. The Bertz CT molecular complexity index is 356. The second-order valence-electron chi connectivity index (χ2n) is 7.73. The molecule has 3 atom stereocenters. The average molecular weight is 292 g/mol. The van der Waals surface area contributed by atoms with Crippen LogP contribution < -0.4 is 5.73 Å². The van der Waals surface area contributed by atoms with Crippen molar-refractivity contribution in [1.29, 1.82) is 0 Å². The van der Waals surface area contributed by atoms with Crippen molar-refractivity contribution >= 4 is 5.91 Å². The van der Waals surface area contributed by atoms with Gasteiger partial charge in [0.2, 0.25) is 5.91 Å². The summed E-state index contributed by atoms with van der Waals surface area (Å²) in [7, 11) is 0. The van der Waals surface area contributed by atoms with Crippen molar-refractivity contribution in [2.24, 2.45) is 29.4 Å². The summed E-state index contributed by atoms with van der Waals surface area (Å²) < 4.78 is 0. The molecule has 3 fully saturated rings. The van der Waals surface area contributed by atoms with Crippen molar-refractivity contribution in [3.63, 3.8) is 0 Å². The van der Waals surface area contributed by atoms with Crippen molar-refractivity contribution in [2.45, 2.75) is 70.8 Å². The summed E-state index contributed by atoms with van der Waals surface area (Å²) in [6, 6.07) is 0.372.